The molecular formula is C11H13ClN6. The highest BCUT2D eigenvalue weighted by molar-refractivity contribution is 6.28. The van der Waals surface area contributed by atoms with E-state index in [0.717, 1.165) is 5.69 Å². The van der Waals surface area contributed by atoms with Crippen LogP contribution in [0.3, 0.4) is 0 Å². The van der Waals surface area contributed by atoms with Gasteiger partial charge in [-0.1, -0.05) is 0 Å². The molecule has 0 amide bonds. The van der Waals surface area contributed by atoms with Crippen molar-refractivity contribution in [1.29, 1.82) is 0 Å². The van der Waals surface area contributed by atoms with Crippen molar-refractivity contribution in [3.8, 4) is 5.95 Å². The van der Waals surface area contributed by atoms with E-state index in [9.17, 15) is 0 Å². The summed E-state index contributed by atoms with van der Waals surface area (Å²) in [7, 11) is 3.71. The van der Waals surface area contributed by atoms with E-state index in [1.165, 1.54) is 12.8 Å². The molecule has 6 nitrogen and oxygen atoms in total. The predicted octanol–water partition coefficient (Wildman–Crippen LogP) is 1.65. The standard InChI is InChI=1S/C11H13ClN6/c1-17(2)10-13-9(12)14-11(15-10)18-6-5-8(16-18)7-3-4-7/h5-7H,3-4H2,1-2H3. The first kappa shape index (κ1) is 11.4. The van der Waals surface area contributed by atoms with E-state index in [-0.39, 0.29) is 5.28 Å². The summed E-state index contributed by atoms with van der Waals surface area (Å²) in [4.78, 5) is 14.2. The predicted molar refractivity (Wildman–Crippen MR) is 68.3 cm³/mol. The van der Waals surface area contributed by atoms with Crippen LogP contribution in [0.1, 0.15) is 24.5 Å². The van der Waals surface area contributed by atoms with Crippen LogP contribution >= 0.6 is 11.6 Å². The van der Waals surface area contributed by atoms with Crippen LogP contribution in [0.15, 0.2) is 12.3 Å². The normalized spacial score (nSPS) is 14.8. The third kappa shape index (κ3) is 2.15. The Morgan fingerprint density at radius 1 is 1.28 bits per heavy atom. The molecule has 0 N–H and O–H groups in total. The SMILES string of the molecule is CN(C)c1nc(Cl)nc(-n2ccc(C3CC3)n2)n1. The summed E-state index contributed by atoms with van der Waals surface area (Å²) in [6.07, 6.45) is 4.30. The topological polar surface area (TPSA) is 59.7 Å². The van der Waals surface area contributed by atoms with E-state index >= 15 is 0 Å². The van der Waals surface area contributed by atoms with Gasteiger partial charge in [-0.05, 0) is 30.5 Å². The van der Waals surface area contributed by atoms with Gasteiger partial charge in [0.15, 0.2) is 0 Å². The second kappa shape index (κ2) is 4.20. The zero-order chi connectivity index (χ0) is 12.7. The molecule has 0 saturated heterocycles. The number of rotatable bonds is 3. The molecule has 1 aliphatic rings. The minimum Gasteiger partial charge on any atom is -0.347 e. The van der Waals surface area contributed by atoms with Gasteiger partial charge in [-0.25, -0.2) is 4.68 Å². The quantitative estimate of drug-likeness (QED) is 0.844. The van der Waals surface area contributed by atoms with Crippen LogP contribution in [-0.4, -0.2) is 38.8 Å². The van der Waals surface area contributed by atoms with Gasteiger partial charge < -0.3 is 4.90 Å². The molecule has 0 unspecified atom stereocenters. The molecule has 0 aromatic carbocycles. The Morgan fingerprint density at radius 3 is 2.72 bits per heavy atom. The first-order valence-electron chi connectivity index (χ1n) is 5.78. The van der Waals surface area contributed by atoms with E-state index in [1.54, 1.807) is 9.58 Å². The summed E-state index contributed by atoms with van der Waals surface area (Å²) in [6, 6.07) is 2.00. The first-order chi connectivity index (χ1) is 8.63. The zero-order valence-corrected chi connectivity index (χ0v) is 11.0. The molecule has 2 heterocycles. The Morgan fingerprint density at radius 2 is 2.06 bits per heavy atom. The fourth-order valence-electron chi connectivity index (χ4n) is 1.68. The Labute approximate surface area is 110 Å². The minimum absolute atomic E-state index is 0.173. The molecule has 0 bridgehead atoms. The summed E-state index contributed by atoms with van der Waals surface area (Å²) < 4.78 is 1.65. The van der Waals surface area contributed by atoms with Crippen LogP contribution in [0.5, 0.6) is 0 Å². The number of anilines is 1. The van der Waals surface area contributed by atoms with Gasteiger partial charge in [0, 0.05) is 26.2 Å². The molecule has 1 fully saturated rings. The molecule has 94 valence electrons. The van der Waals surface area contributed by atoms with Gasteiger partial charge in [0.1, 0.15) is 0 Å². The van der Waals surface area contributed by atoms with Crippen LogP contribution in [0.2, 0.25) is 5.28 Å². The van der Waals surface area contributed by atoms with Gasteiger partial charge in [0.05, 0.1) is 5.69 Å². The van der Waals surface area contributed by atoms with Gasteiger partial charge in [0.25, 0.3) is 5.95 Å². The number of halogens is 1. The summed E-state index contributed by atoms with van der Waals surface area (Å²) in [5.41, 5.74) is 1.10. The van der Waals surface area contributed by atoms with Crippen molar-refractivity contribution >= 4 is 17.5 Å². The summed E-state index contributed by atoms with van der Waals surface area (Å²) in [5, 5.41) is 4.64. The molecular weight excluding hydrogens is 252 g/mol. The maximum atomic E-state index is 5.90. The molecule has 18 heavy (non-hydrogen) atoms. The Hall–Kier alpha value is -1.69. The van der Waals surface area contributed by atoms with Gasteiger partial charge in [-0.3, -0.25) is 0 Å². The lowest BCUT2D eigenvalue weighted by Gasteiger charge is -2.10. The second-order valence-corrected chi connectivity index (χ2v) is 4.90. The average Bonchev–Trinajstić information content (AvgIpc) is 3.06. The minimum atomic E-state index is 0.173. The van der Waals surface area contributed by atoms with Gasteiger partial charge in [-0.2, -0.15) is 20.1 Å². The molecule has 7 heteroatoms. The van der Waals surface area contributed by atoms with Crippen molar-refractivity contribution in [1.82, 2.24) is 24.7 Å². The maximum absolute atomic E-state index is 5.90. The molecule has 2 aromatic heterocycles. The van der Waals surface area contributed by atoms with Crippen molar-refractivity contribution < 1.29 is 0 Å². The number of hydrogen-bond donors (Lipinski definition) is 0. The van der Waals surface area contributed by atoms with Crippen LogP contribution in [-0.2, 0) is 0 Å². The van der Waals surface area contributed by atoms with E-state index in [2.05, 4.69) is 20.1 Å². The van der Waals surface area contributed by atoms with E-state index in [1.807, 2.05) is 26.4 Å². The highest BCUT2D eigenvalue weighted by Gasteiger charge is 2.26. The summed E-state index contributed by atoms with van der Waals surface area (Å²) in [6.45, 7) is 0. The molecule has 2 aromatic rings. The average molecular weight is 265 g/mol. The molecule has 0 spiro atoms. The van der Waals surface area contributed by atoms with E-state index < -0.39 is 0 Å². The van der Waals surface area contributed by atoms with Crippen molar-refractivity contribution in [2.24, 2.45) is 0 Å². The van der Waals surface area contributed by atoms with Crippen molar-refractivity contribution in [3.05, 3.63) is 23.2 Å². The Kier molecular flexibility index (Phi) is 2.66. The molecule has 0 aliphatic heterocycles. The molecule has 1 saturated carbocycles. The lowest BCUT2D eigenvalue weighted by Crippen LogP contribution is -2.15. The number of aromatic nitrogens is 5. The van der Waals surface area contributed by atoms with Crippen LogP contribution in [0.25, 0.3) is 5.95 Å². The van der Waals surface area contributed by atoms with Crippen molar-refractivity contribution in [2.45, 2.75) is 18.8 Å². The number of hydrogen-bond acceptors (Lipinski definition) is 5. The van der Waals surface area contributed by atoms with Gasteiger partial charge >= 0.3 is 0 Å². The van der Waals surface area contributed by atoms with Gasteiger partial charge in [-0.15, -0.1) is 0 Å². The maximum Gasteiger partial charge on any atom is 0.256 e. The molecule has 0 atom stereocenters. The number of nitrogens with zero attached hydrogens (tertiary/aromatic N) is 6. The Bertz CT molecular complexity index is 575. The van der Waals surface area contributed by atoms with Crippen molar-refractivity contribution in [3.63, 3.8) is 0 Å². The highest BCUT2D eigenvalue weighted by Crippen LogP contribution is 2.38. The molecule has 1 aliphatic carbocycles. The fourth-order valence-corrected chi connectivity index (χ4v) is 1.83. The van der Waals surface area contributed by atoms with Crippen LogP contribution in [0.4, 0.5) is 5.95 Å². The fraction of sp³-hybridized carbons (Fsp3) is 0.455. The van der Waals surface area contributed by atoms with Crippen LogP contribution in [0, 0.1) is 0 Å². The summed E-state index contributed by atoms with van der Waals surface area (Å²) in [5.74, 6) is 1.58. The van der Waals surface area contributed by atoms with Crippen LogP contribution < -0.4 is 4.90 Å². The van der Waals surface area contributed by atoms with E-state index in [4.69, 9.17) is 11.6 Å². The first-order valence-corrected chi connectivity index (χ1v) is 6.16. The lowest BCUT2D eigenvalue weighted by atomic mass is 10.3. The monoisotopic (exact) mass is 264 g/mol. The Balaban J connectivity index is 1.98. The lowest BCUT2D eigenvalue weighted by molar-refractivity contribution is 0.768. The third-order valence-corrected chi connectivity index (χ3v) is 2.96. The van der Waals surface area contributed by atoms with Gasteiger partial charge in [0.2, 0.25) is 11.2 Å². The zero-order valence-electron chi connectivity index (χ0n) is 10.2. The van der Waals surface area contributed by atoms with E-state index in [0.29, 0.717) is 17.8 Å². The second-order valence-electron chi connectivity index (χ2n) is 4.56. The van der Waals surface area contributed by atoms with Crippen molar-refractivity contribution in [2.75, 3.05) is 19.0 Å². The largest absolute Gasteiger partial charge is 0.347 e. The smallest absolute Gasteiger partial charge is 0.256 e. The molecule has 3 rings (SSSR count). The highest BCUT2D eigenvalue weighted by atomic mass is 35.5. The summed E-state index contributed by atoms with van der Waals surface area (Å²) >= 11 is 5.90. The third-order valence-electron chi connectivity index (χ3n) is 2.79. The molecule has 0 radical (unpaired) electrons.